The van der Waals surface area contributed by atoms with Crippen LogP contribution in [0.4, 0.5) is 0 Å². The van der Waals surface area contributed by atoms with Gasteiger partial charge in [-0.05, 0) is 25.0 Å². The second kappa shape index (κ2) is 8.43. The van der Waals surface area contributed by atoms with E-state index in [0.29, 0.717) is 11.1 Å². The van der Waals surface area contributed by atoms with Crippen LogP contribution in [-0.2, 0) is 36.8 Å². The summed E-state index contributed by atoms with van der Waals surface area (Å²) in [6.07, 6.45) is -0.297. The number of benzene rings is 1. The molecule has 0 spiro atoms. The Hall–Kier alpha value is -1.21. The number of carbonyl (C=O) groups is 3. The maximum atomic E-state index is 12.9. The van der Waals surface area contributed by atoms with E-state index >= 15 is 0 Å². The Morgan fingerprint density at radius 3 is 1.74 bits per heavy atom. The van der Waals surface area contributed by atoms with Gasteiger partial charge in [0.25, 0.3) is 0 Å². The largest absolute Gasteiger partial charge is 0.464 e. The molecular formula is C17H17Cl4NO5. The van der Waals surface area contributed by atoms with Gasteiger partial charge in [0.05, 0.1) is 33.3 Å². The summed E-state index contributed by atoms with van der Waals surface area (Å²) in [5.41, 5.74) is -1.28. The molecule has 0 bridgehead atoms. The van der Waals surface area contributed by atoms with Crippen LogP contribution in [0.1, 0.15) is 31.9 Å². The molecular weight excluding hydrogens is 440 g/mol. The number of hydrogen-bond donors (Lipinski definition) is 0. The highest BCUT2D eigenvalue weighted by Crippen LogP contribution is 2.46. The van der Waals surface area contributed by atoms with Gasteiger partial charge in [0.15, 0.2) is 0 Å². The summed E-state index contributed by atoms with van der Waals surface area (Å²) >= 11 is 24.9. The molecule has 1 aromatic rings. The zero-order valence-electron chi connectivity index (χ0n) is 14.8. The summed E-state index contributed by atoms with van der Waals surface area (Å²) in [4.78, 5) is 39.1. The van der Waals surface area contributed by atoms with Crippen molar-refractivity contribution < 1.29 is 23.9 Å². The van der Waals surface area contributed by atoms with Crippen LogP contribution in [0.15, 0.2) is 0 Å². The molecule has 0 saturated heterocycles. The number of carbonyl (C=O) groups excluding carboxylic acids is 3. The zero-order chi connectivity index (χ0) is 20.5. The van der Waals surface area contributed by atoms with Crippen molar-refractivity contribution in [3.8, 4) is 0 Å². The molecule has 2 rings (SSSR count). The van der Waals surface area contributed by atoms with Crippen molar-refractivity contribution in [1.29, 1.82) is 0 Å². The lowest BCUT2D eigenvalue weighted by molar-refractivity contribution is -0.180. The number of ether oxygens (including phenoxy) is 2. The lowest BCUT2D eigenvalue weighted by Gasteiger charge is -2.43. The van der Waals surface area contributed by atoms with Crippen molar-refractivity contribution in [2.24, 2.45) is 0 Å². The quantitative estimate of drug-likeness (QED) is 0.295. The van der Waals surface area contributed by atoms with E-state index in [1.807, 2.05) is 0 Å². The second-order valence-corrected chi connectivity index (χ2v) is 7.31. The van der Waals surface area contributed by atoms with Gasteiger partial charge in [-0.2, -0.15) is 0 Å². The van der Waals surface area contributed by atoms with E-state index in [0.717, 1.165) is 4.90 Å². The third-order valence-corrected chi connectivity index (χ3v) is 6.17. The fourth-order valence-electron chi connectivity index (χ4n) is 3.05. The van der Waals surface area contributed by atoms with Crippen LogP contribution in [0.5, 0.6) is 0 Å². The topological polar surface area (TPSA) is 72.9 Å². The first-order chi connectivity index (χ1) is 12.6. The Bertz CT molecular complexity index is 793. The monoisotopic (exact) mass is 455 g/mol. The number of amides is 1. The Labute approximate surface area is 176 Å². The zero-order valence-corrected chi connectivity index (χ0v) is 17.9. The van der Waals surface area contributed by atoms with Crippen molar-refractivity contribution in [2.75, 3.05) is 13.2 Å². The van der Waals surface area contributed by atoms with Crippen molar-refractivity contribution in [3.05, 3.63) is 31.2 Å². The molecule has 27 heavy (non-hydrogen) atoms. The summed E-state index contributed by atoms with van der Waals surface area (Å²) in [7, 11) is 0. The normalized spacial score (nSPS) is 15.1. The summed E-state index contributed by atoms with van der Waals surface area (Å²) in [5, 5.41) is 0.196. The van der Waals surface area contributed by atoms with Gasteiger partial charge in [-0.15, -0.1) is 0 Å². The molecule has 0 saturated carbocycles. The van der Waals surface area contributed by atoms with Crippen LogP contribution in [-0.4, -0.2) is 41.5 Å². The van der Waals surface area contributed by atoms with Gasteiger partial charge in [-0.25, -0.2) is 9.59 Å². The first-order valence-corrected chi connectivity index (χ1v) is 9.60. The highest BCUT2D eigenvalue weighted by atomic mass is 35.5. The van der Waals surface area contributed by atoms with Gasteiger partial charge in [0, 0.05) is 19.9 Å². The Morgan fingerprint density at radius 2 is 1.33 bits per heavy atom. The summed E-state index contributed by atoms with van der Waals surface area (Å²) < 4.78 is 10.2. The smallest absolute Gasteiger partial charge is 0.344 e. The Morgan fingerprint density at radius 1 is 0.889 bits per heavy atom. The summed E-state index contributed by atoms with van der Waals surface area (Å²) in [6.45, 7) is 4.24. The second-order valence-electron chi connectivity index (χ2n) is 5.80. The molecule has 0 atom stereocenters. The third-order valence-electron chi connectivity index (χ3n) is 4.29. The average Bonchev–Trinajstić information content (AvgIpc) is 2.63. The average molecular weight is 457 g/mol. The van der Waals surface area contributed by atoms with Gasteiger partial charge >= 0.3 is 11.9 Å². The number of nitrogens with zero attached hydrogens (tertiary/aromatic N) is 1. The number of halogens is 4. The molecule has 1 aromatic carbocycles. The van der Waals surface area contributed by atoms with E-state index in [9.17, 15) is 14.4 Å². The fourth-order valence-corrected chi connectivity index (χ4v) is 4.10. The molecule has 0 fully saturated rings. The van der Waals surface area contributed by atoms with Crippen LogP contribution in [0.25, 0.3) is 0 Å². The van der Waals surface area contributed by atoms with Gasteiger partial charge in [0.2, 0.25) is 11.4 Å². The maximum absolute atomic E-state index is 12.9. The molecule has 0 N–H and O–H groups in total. The highest BCUT2D eigenvalue weighted by molar-refractivity contribution is 6.52. The fraction of sp³-hybridized carbons (Fsp3) is 0.471. The molecule has 0 aromatic heterocycles. The Balaban J connectivity index is 2.79. The Kier molecular flexibility index (Phi) is 6.90. The van der Waals surface area contributed by atoms with Crippen LogP contribution in [0, 0.1) is 0 Å². The molecule has 1 amide bonds. The van der Waals surface area contributed by atoms with E-state index in [1.165, 1.54) is 6.92 Å². The van der Waals surface area contributed by atoms with Crippen LogP contribution in [0.2, 0.25) is 20.1 Å². The molecule has 0 radical (unpaired) electrons. The van der Waals surface area contributed by atoms with Crippen LogP contribution >= 0.6 is 46.4 Å². The molecule has 10 heteroatoms. The minimum Gasteiger partial charge on any atom is -0.464 e. The third kappa shape index (κ3) is 3.60. The molecule has 148 valence electrons. The van der Waals surface area contributed by atoms with E-state index < -0.39 is 23.4 Å². The first kappa shape index (κ1) is 22.1. The lowest BCUT2D eigenvalue weighted by Crippen LogP contribution is -2.65. The predicted octanol–water partition coefficient (Wildman–Crippen LogP) is 4.07. The number of rotatable bonds is 4. The maximum Gasteiger partial charge on any atom is 0.344 e. The molecule has 1 aliphatic heterocycles. The van der Waals surface area contributed by atoms with Crippen molar-refractivity contribution in [3.63, 3.8) is 0 Å². The standard InChI is InChI=1S/C17H17Cl4NO5/c1-4-26-15(24)17(16(25)27-5-2)6-9-10(7-22(17)8(3)23)12(19)14(21)13(20)11(9)18/h4-7H2,1-3H3. The van der Waals surface area contributed by atoms with Gasteiger partial charge in [-0.3, -0.25) is 4.79 Å². The molecule has 0 unspecified atom stereocenters. The van der Waals surface area contributed by atoms with E-state index in [1.54, 1.807) is 13.8 Å². The molecule has 0 aliphatic carbocycles. The van der Waals surface area contributed by atoms with Crippen LogP contribution in [0.3, 0.4) is 0 Å². The molecule has 1 aliphatic rings. The van der Waals surface area contributed by atoms with Gasteiger partial charge in [0.1, 0.15) is 0 Å². The lowest BCUT2D eigenvalue weighted by atomic mass is 9.82. The summed E-state index contributed by atoms with van der Waals surface area (Å²) in [6, 6.07) is 0. The van der Waals surface area contributed by atoms with Gasteiger partial charge < -0.3 is 14.4 Å². The minimum absolute atomic E-state index is 0.0000222. The van der Waals surface area contributed by atoms with Crippen molar-refractivity contribution >= 4 is 64.2 Å². The number of hydrogen-bond acceptors (Lipinski definition) is 5. The van der Waals surface area contributed by atoms with E-state index in [2.05, 4.69) is 0 Å². The minimum atomic E-state index is -2.03. The number of fused-ring (bicyclic) bond motifs is 1. The highest BCUT2D eigenvalue weighted by Gasteiger charge is 2.58. The molecule has 1 heterocycles. The van der Waals surface area contributed by atoms with Crippen molar-refractivity contribution in [2.45, 2.75) is 39.3 Å². The summed E-state index contributed by atoms with van der Waals surface area (Å²) in [5.74, 6) is -2.37. The van der Waals surface area contributed by atoms with E-state index in [-0.39, 0.29) is 46.3 Å². The van der Waals surface area contributed by atoms with E-state index in [4.69, 9.17) is 55.9 Å². The predicted molar refractivity (Wildman–Crippen MR) is 102 cm³/mol. The van der Waals surface area contributed by atoms with Gasteiger partial charge in [-0.1, -0.05) is 46.4 Å². The first-order valence-electron chi connectivity index (χ1n) is 8.09. The van der Waals surface area contributed by atoms with Crippen LogP contribution < -0.4 is 0 Å². The SMILES string of the molecule is CCOC(=O)C1(C(=O)OCC)Cc2c(Cl)c(Cl)c(Cl)c(Cl)c2CN1C(C)=O. The van der Waals surface area contributed by atoms with Crippen molar-refractivity contribution in [1.82, 2.24) is 4.90 Å². The number of esters is 2. The molecule has 6 nitrogen and oxygen atoms in total.